The van der Waals surface area contributed by atoms with Crippen molar-refractivity contribution >= 4 is 5.69 Å². The minimum Gasteiger partial charge on any atom is -0.508 e. The van der Waals surface area contributed by atoms with Gasteiger partial charge in [0.2, 0.25) is 11.7 Å². The summed E-state index contributed by atoms with van der Waals surface area (Å²) in [5, 5.41) is 13.6. The van der Waals surface area contributed by atoms with Gasteiger partial charge in [-0.25, -0.2) is 0 Å². The third-order valence-corrected chi connectivity index (χ3v) is 5.25. The largest absolute Gasteiger partial charge is 0.508 e. The van der Waals surface area contributed by atoms with E-state index in [0.29, 0.717) is 29.9 Å². The summed E-state index contributed by atoms with van der Waals surface area (Å²) < 4.78 is 5.48. The molecule has 1 N–H and O–H groups in total. The van der Waals surface area contributed by atoms with E-state index in [2.05, 4.69) is 58.1 Å². The maximum Gasteiger partial charge on any atom is 0.241 e. The Labute approximate surface area is 165 Å². The van der Waals surface area contributed by atoms with Crippen molar-refractivity contribution in [3.05, 3.63) is 60.0 Å². The fourth-order valence-corrected chi connectivity index (χ4v) is 3.47. The molecule has 6 heteroatoms. The Kier molecular flexibility index (Phi) is 5.30. The van der Waals surface area contributed by atoms with Gasteiger partial charge in [0.05, 0.1) is 6.54 Å². The van der Waals surface area contributed by atoms with Gasteiger partial charge in [-0.05, 0) is 35.7 Å². The summed E-state index contributed by atoms with van der Waals surface area (Å²) in [6, 6.07) is 15.7. The molecule has 0 saturated carbocycles. The van der Waals surface area contributed by atoms with Gasteiger partial charge in [0.25, 0.3) is 0 Å². The number of phenols is 1. The second kappa shape index (κ2) is 8.02. The summed E-state index contributed by atoms with van der Waals surface area (Å²) >= 11 is 0. The number of piperazine rings is 1. The number of benzene rings is 2. The van der Waals surface area contributed by atoms with Crippen LogP contribution in [0.15, 0.2) is 53.1 Å². The molecule has 1 aromatic heterocycles. The summed E-state index contributed by atoms with van der Waals surface area (Å²) in [4.78, 5) is 9.23. The Morgan fingerprint density at radius 2 is 1.64 bits per heavy atom. The number of nitrogens with zero attached hydrogens (tertiary/aromatic N) is 4. The van der Waals surface area contributed by atoms with Gasteiger partial charge in [0.15, 0.2) is 0 Å². The van der Waals surface area contributed by atoms with Gasteiger partial charge >= 0.3 is 0 Å². The molecule has 1 aliphatic heterocycles. The minimum absolute atomic E-state index is 0.299. The highest BCUT2D eigenvalue weighted by molar-refractivity contribution is 5.54. The van der Waals surface area contributed by atoms with Crippen LogP contribution in [0.4, 0.5) is 5.69 Å². The van der Waals surface area contributed by atoms with Gasteiger partial charge in [-0.1, -0.05) is 43.3 Å². The molecule has 0 bridgehead atoms. The van der Waals surface area contributed by atoms with Crippen LogP contribution in [-0.2, 0) is 6.54 Å². The van der Waals surface area contributed by atoms with Gasteiger partial charge in [-0.2, -0.15) is 4.98 Å². The first-order valence-electron chi connectivity index (χ1n) is 9.78. The smallest absolute Gasteiger partial charge is 0.241 e. The zero-order valence-corrected chi connectivity index (χ0v) is 16.4. The highest BCUT2D eigenvalue weighted by Gasteiger charge is 2.20. The summed E-state index contributed by atoms with van der Waals surface area (Å²) in [5.41, 5.74) is 3.43. The van der Waals surface area contributed by atoms with Crippen LogP contribution in [0.5, 0.6) is 5.75 Å². The summed E-state index contributed by atoms with van der Waals surface area (Å²) in [6.45, 7) is 8.76. The first-order valence-corrected chi connectivity index (χ1v) is 9.78. The molecule has 3 aromatic rings. The molecular formula is C22H26N4O2. The van der Waals surface area contributed by atoms with Crippen molar-refractivity contribution in [2.75, 3.05) is 31.1 Å². The molecule has 0 aliphatic carbocycles. The number of aromatic hydroxyl groups is 1. The lowest BCUT2D eigenvalue weighted by Gasteiger charge is -2.35. The highest BCUT2D eigenvalue weighted by atomic mass is 16.5. The summed E-state index contributed by atoms with van der Waals surface area (Å²) in [7, 11) is 0. The maximum absolute atomic E-state index is 9.43. The molecule has 0 amide bonds. The van der Waals surface area contributed by atoms with Crippen LogP contribution < -0.4 is 4.90 Å². The Balaban J connectivity index is 1.34. The van der Waals surface area contributed by atoms with Crippen molar-refractivity contribution in [1.29, 1.82) is 0 Å². The van der Waals surface area contributed by atoms with Crippen LogP contribution in [0.25, 0.3) is 11.4 Å². The Bertz CT molecular complexity index is 895. The molecule has 0 unspecified atom stereocenters. The van der Waals surface area contributed by atoms with E-state index in [1.807, 2.05) is 12.1 Å². The Hall–Kier alpha value is -2.86. The van der Waals surface area contributed by atoms with E-state index >= 15 is 0 Å². The molecule has 4 rings (SSSR count). The Morgan fingerprint density at radius 3 is 2.29 bits per heavy atom. The Morgan fingerprint density at radius 1 is 0.964 bits per heavy atom. The van der Waals surface area contributed by atoms with E-state index in [1.165, 1.54) is 5.56 Å². The normalized spacial score (nSPS) is 15.3. The van der Waals surface area contributed by atoms with E-state index in [9.17, 15) is 5.11 Å². The fourth-order valence-electron chi connectivity index (χ4n) is 3.47. The first kappa shape index (κ1) is 18.5. The van der Waals surface area contributed by atoms with E-state index in [0.717, 1.165) is 37.4 Å². The van der Waals surface area contributed by atoms with E-state index in [-0.39, 0.29) is 0 Å². The zero-order valence-electron chi connectivity index (χ0n) is 16.4. The van der Waals surface area contributed by atoms with Crippen molar-refractivity contribution < 1.29 is 9.63 Å². The van der Waals surface area contributed by atoms with E-state index < -0.39 is 0 Å². The van der Waals surface area contributed by atoms with Crippen molar-refractivity contribution in [2.45, 2.75) is 26.3 Å². The highest BCUT2D eigenvalue weighted by Crippen LogP contribution is 2.22. The van der Waals surface area contributed by atoms with Crippen LogP contribution in [0.3, 0.4) is 0 Å². The molecule has 28 heavy (non-hydrogen) atoms. The number of hydrogen-bond donors (Lipinski definition) is 1. The number of anilines is 1. The molecule has 0 spiro atoms. The van der Waals surface area contributed by atoms with Crippen LogP contribution in [0.2, 0.25) is 0 Å². The molecule has 2 aromatic carbocycles. The second-order valence-corrected chi connectivity index (χ2v) is 7.57. The molecule has 0 radical (unpaired) electrons. The molecule has 0 atom stereocenters. The van der Waals surface area contributed by atoms with Crippen molar-refractivity contribution in [2.24, 2.45) is 0 Å². The topological polar surface area (TPSA) is 65.6 Å². The summed E-state index contributed by atoms with van der Waals surface area (Å²) in [5.74, 6) is 2.11. The van der Waals surface area contributed by atoms with Gasteiger partial charge in [-0.15, -0.1) is 0 Å². The van der Waals surface area contributed by atoms with E-state index in [4.69, 9.17) is 4.52 Å². The molecular weight excluding hydrogens is 352 g/mol. The van der Waals surface area contributed by atoms with Crippen LogP contribution in [0, 0.1) is 0 Å². The third-order valence-electron chi connectivity index (χ3n) is 5.25. The lowest BCUT2D eigenvalue weighted by molar-refractivity contribution is 0.215. The quantitative estimate of drug-likeness (QED) is 0.727. The fraction of sp³-hybridized carbons (Fsp3) is 0.364. The van der Waals surface area contributed by atoms with Gasteiger partial charge in [-0.3, -0.25) is 4.90 Å². The second-order valence-electron chi connectivity index (χ2n) is 7.57. The number of hydrogen-bond acceptors (Lipinski definition) is 6. The average molecular weight is 378 g/mol. The average Bonchev–Trinajstić information content (AvgIpc) is 3.18. The van der Waals surface area contributed by atoms with Crippen molar-refractivity contribution in [1.82, 2.24) is 15.0 Å². The van der Waals surface area contributed by atoms with Crippen molar-refractivity contribution in [3.63, 3.8) is 0 Å². The molecule has 6 nitrogen and oxygen atoms in total. The van der Waals surface area contributed by atoms with Gasteiger partial charge in [0.1, 0.15) is 5.75 Å². The predicted octanol–water partition coefficient (Wildman–Crippen LogP) is 3.89. The van der Waals surface area contributed by atoms with Crippen LogP contribution in [0.1, 0.15) is 31.2 Å². The lowest BCUT2D eigenvalue weighted by atomic mass is 10.0. The van der Waals surface area contributed by atoms with Crippen molar-refractivity contribution in [3.8, 4) is 17.1 Å². The predicted molar refractivity (Wildman–Crippen MR) is 109 cm³/mol. The van der Waals surface area contributed by atoms with Gasteiger partial charge in [0, 0.05) is 37.4 Å². The number of rotatable bonds is 5. The molecule has 1 fully saturated rings. The zero-order chi connectivity index (χ0) is 19.5. The first-order chi connectivity index (χ1) is 13.6. The number of phenolic OH excluding ortho intramolecular Hbond substituents is 1. The monoisotopic (exact) mass is 378 g/mol. The summed E-state index contributed by atoms with van der Waals surface area (Å²) in [6.07, 6.45) is 0. The molecule has 1 aliphatic rings. The SMILES string of the molecule is CC(C)c1ccc(-c2noc(CN3CCN(c4ccc(O)cc4)CC3)n2)cc1. The third kappa shape index (κ3) is 4.17. The standard InChI is InChI=1S/C22H26N4O2/c1-16(2)17-3-5-18(6-4-17)22-23-21(28-24-22)15-25-11-13-26(14-12-25)19-7-9-20(27)10-8-19/h3-10,16,27H,11-15H2,1-2H3. The minimum atomic E-state index is 0.299. The van der Waals surface area contributed by atoms with Crippen LogP contribution in [-0.4, -0.2) is 46.3 Å². The van der Waals surface area contributed by atoms with Gasteiger partial charge < -0.3 is 14.5 Å². The maximum atomic E-state index is 9.43. The lowest BCUT2D eigenvalue weighted by Crippen LogP contribution is -2.46. The molecule has 146 valence electrons. The molecule has 2 heterocycles. The number of aromatic nitrogens is 2. The van der Waals surface area contributed by atoms with Crippen LogP contribution >= 0.6 is 0 Å². The van der Waals surface area contributed by atoms with E-state index in [1.54, 1.807) is 12.1 Å². The molecule has 1 saturated heterocycles.